The number of rotatable bonds is 7. The summed E-state index contributed by atoms with van der Waals surface area (Å²) in [5.41, 5.74) is 2.11. The fourth-order valence-electron chi connectivity index (χ4n) is 1.98. The number of carbonyl (C=O) groups is 1. The molecule has 4 nitrogen and oxygen atoms in total. The highest BCUT2D eigenvalue weighted by molar-refractivity contribution is 7.09. The summed E-state index contributed by atoms with van der Waals surface area (Å²) in [5, 5.41) is 6.09. The Morgan fingerprint density at radius 2 is 1.96 bits per heavy atom. The third-order valence-corrected chi connectivity index (χ3v) is 4.15. The molecule has 0 unspecified atom stereocenters. The summed E-state index contributed by atoms with van der Waals surface area (Å²) in [7, 11) is 3.71. The molecule has 0 aliphatic rings. The summed E-state index contributed by atoms with van der Waals surface area (Å²) in [6.45, 7) is 1.52. The monoisotopic (exact) mass is 375 g/mol. The van der Waals surface area contributed by atoms with Gasteiger partial charge in [-0.05, 0) is 12.6 Å². The number of thiazole rings is 1. The van der Waals surface area contributed by atoms with Crippen LogP contribution in [0.5, 0.6) is 0 Å². The van der Waals surface area contributed by atoms with Crippen molar-refractivity contribution in [2.24, 2.45) is 0 Å². The maximum absolute atomic E-state index is 12.0. The maximum Gasteiger partial charge on any atom is 0.228 e. The molecule has 0 radical (unpaired) electrons. The van der Waals surface area contributed by atoms with E-state index in [1.54, 1.807) is 16.2 Å². The summed E-state index contributed by atoms with van der Waals surface area (Å²) < 4.78 is 0. The van der Waals surface area contributed by atoms with Crippen molar-refractivity contribution in [2.75, 3.05) is 27.2 Å². The van der Waals surface area contributed by atoms with Gasteiger partial charge in [0, 0.05) is 31.9 Å². The van der Waals surface area contributed by atoms with Gasteiger partial charge in [-0.25, -0.2) is 4.98 Å². The first-order valence-electron chi connectivity index (χ1n) is 7.05. The second kappa shape index (κ2) is 11.4. The summed E-state index contributed by atoms with van der Waals surface area (Å²) in [6.07, 6.45) is 1.21. The van der Waals surface area contributed by atoms with E-state index in [-0.39, 0.29) is 30.7 Å². The number of carbonyl (C=O) groups excluding carboxylic acids is 1. The standard InChI is InChI=1S/C16H21N3OS.2ClH/c1-17-8-9-19(2)16(20)11-14-12-21-15(18-14)10-13-6-4-3-5-7-13;;/h3-7,12,17H,8-11H2,1-2H3;2*1H. The minimum absolute atomic E-state index is 0. The van der Waals surface area contributed by atoms with Crippen molar-refractivity contribution in [3.8, 4) is 0 Å². The smallest absolute Gasteiger partial charge is 0.228 e. The van der Waals surface area contributed by atoms with Gasteiger partial charge in [0.15, 0.2) is 0 Å². The number of aromatic nitrogens is 1. The number of amides is 1. The quantitative estimate of drug-likeness (QED) is 0.808. The van der Waals surface area contributed by atoms with Gasteiger partial charge in [0.2, 0.25) is 5.91 Å². The van der Waals surface area contributed by atoms with Crippen LogP contribution in [0.2, 0.25) is 0 Å². The average Bonchev–Trinajstić information content (AvgIpc) is 2.92. The number of benzene rings is 1. The van der Waals surface area contributed by atoms with Crippen LogP contribution in [0.3, 0.4) is 0 Å². The molecule has 1 heterocycles. The van der Waals surface area contributed by atoms with Crippen LogP contribution in [0.15, 0.2) is 35.7 Å². The summed E-state index contributed by atoms with van der Waals surface area (Å²) >= 11 is 1.62. The van der Waals surface area contributed by atoms with Crippen LogP contribution >= 0.6 is 36.2 Å². The Morgan fingerprint density at radius 3 is 2.61 bits per heavy atom. The molecule has 128 valence electrons. The van der Waals surface area contributed by atoms with Crippen LogP contribution in [0.25, 0.3) is 0 Å². The molecule has 1 aromatic carbocycles. The Bertz CT molecular complexity index is 578. The van der Waals surface area contributed by atoms with Gasteiger partial charge in [0.25, 0.3) is 0 Å². The van der Waals surface area contributed by atoms with Crippen LogP contribution in [-0.2, 0) is 17.6 Å². The topological polar surface area (TPSA) is 45.2 Å². The molecular weight excluding hydrogens is 353 g/mol. The minimum Gasteiger partial charge on any atom is -0.344 e. The zero-order chi connectivity index (χ0) is 15.1. The van der Waals surface area contributed by atoms with Gasteiger partial charge in [-0.1, -0.05) is 30.3 Å². The van der Waals surface area contributed by atoms with E-state index in [0.717, 1.165) is 30.2 Å². The summed E-state index contributed by atoms with van der Waals surface area (Å²) in [6, 6.07) is 10.3. The lowest BCUT2D eigenvalue weighted by molar-refractivity contribution is -0.129. The van der Waals surface area contributed by atoms with Crippen molar-refractivity contribution in [3.05, 3.63) is 52.0 Å². The fraction of sp³-hybridized carbons (Fsp3) is 0.375. The predicted octanol–water partition coefficient (Wildman–Crippen LogP) is 2.80. The SMILES string of the molecule is CNCCN(C)C(=O)Cc1csc(Cc2ccccc2)n1.Cl.Cl. The largest absolute Gasteiger partial charge is 0.344 e. The van der Waals surface area contributed by atoms with E-state index in [2.05, 4.69) is 22.4 Å². The second-order valence-corrected chi connectivity index (χ2v) is 5.93. The number of nitrogens with one attached hydrogen (secondary N) is 1. The first-order chi connectivity index (χ1) is 10.2. The molecule has 7 heteroatoms. The summed E-state index contributed by atoms with van der Waals surface area (Å²) in [4.78, 5) is 18.4. The van der Waals surface area contributed by atoms with Gasteiger partial charge in [-0.2, -0.15) is 0 Å². The highest BCUT2D eigenvalue weighted by atomic mass is 35.5. The Hall–Kier alpha value is -1.14. The van der Waals surface area contributed by atoms with Gasteiger partial charge in [0.05, 0.1) is 17.1 Å². The molecule has 0 saturated carbocycles. The van der Waals surface area contributed by atoms with Gasteiger partial charge in [-0.15, -0.1) is 36.2 Å². The van der Waals surface area contributed by atoms with Crippen LogP contribution < -0.4 is 5.32 Å². The van der Waals surface area contributed by atoms with E-state index >= 15 is 0 Å². The molecule has 2 aromatic rings. The number of halogens is 2. The third-order valence-electron chi connectivity index (χ3n) is 3.25. The lowest BCUT2D eigenvalue weighted by Crippen LogP contribution is -2.33. The van der Waals surface area contributed by atoms with E-state index < -0.39 is 0 Å². The highest BCUT2D eigenvalue weighted by Gasteiger charge is 2.12. The molecule has 0 spiro atoms. The Morgan fingerprint density at radius 1 is 1.26 bits per heavy atom. The van der Waals surface area contributed by atoms with Crippen LogP contribution in [0.4, 0.5) is 0 Å². The Balaban J connectivity index is 0.00000242. The molecule has 1 N–H and O–H groups in total. The zero-order valence-corrected chi connectivity index (χ0v) is 15.8. The first-order valence-corrected chi connectivity index (χ1v) is 7.92. The third kappa shape index (κ3) is 7.31. The Labute approximate surface area is 154 Å². The average molecular weight is 376 g/mol. The van der Waals surface area contributed by atoms with E-state index in [0.29, 0.717) is 6.42 Å². The molecule has 1 amide bonds. The second-order valence-electron chi connectivity index (χ2n) is 4.99. The normalized spacial score (nSPS) is 9.65. The fourth-order valence-corrected chi connectivity index (χ4v) is 2.80. The molecule has 0 fully saturated rings. The van der Waals surface area contributed by atoms with Crippen LogP contribution in [-0.4, -0.2) is 43.0 Å². The van der Waals surface area contributed by atoms with Gasteiger partial charge in [-0.3, -0.25) is 4.79 Å². The minimum atomic E-state index is 0. The molecule has 2 rings (SSSR count). The number of hydrogen-bond donors (Lipinski definition) is 1. The Kier molecular flexibility index (Phi) is 10.8. The molecule has 0 aliphatic carbocycles. The van der Waals surface area contributed by atoms with Crippen molar-refractivity contribution in [1.82, 2.24) is 15.2 Å². The van der Waals surface area contributed by atoms with E-state index in [9.17, 15) is 4.79 Å². The number of nitrogens with zero attached hydrogens (tertiary/aromatic N) is 2. The molecule has 0 saturated heterocycles. The van der Waals surface area contributed by atoms with Gasteiger partial charge in [0.1, 0.15) is 0 Å². The van der Waals surface area contributed by atoms with Crippen molar-refractivity contribution in [3.63, 3.8) is 0 Å². The molecule has 1 aromatic heterocycles. The van der Waals surface area contributed by atoms with Crippen LogP contribution in [0, 0.1) is 0 Å². The van der Waals surface area contributed by atoms with Gasteiger partial charge >= 0.3 is 0 Å². The lowest BCUT2D eigenvalue weighted by Gasteiger charge is -2.16. The van der Waals surface area contributed by atoms with E-state index in [1.807, 2.05) is 37.7 Å². The molecular formula is C16H23Cl2N3OS. The maximum atomic E-state index is 12.0. The van der Waals surface area contributed by atoms with Crippen molar-refractivity contribution >= 4 is 42.1 Å². The first kappa shape index (κ1) is 21.9. The summed E-state index contributed by atoms with van der Waals surface area (Å²) in [5.74, 6) is 0.113. The highest BCUT2D eigenvalue weighted by Crippen LogP contribution is 2.15. The van der Waals surface area contributed by atoms with Crippen molar-refractivity contribution < 1.29 is 4.79 Å². The number of likely N-dealkylation sites (N-methyl/N-ethyl adjacent to an activating group) is 2. The molecule has 23 heavy (non-hydrogen) atoms. The molecule has 0 aliphatic heterocycles. The van der Waals surface area contributed by atoms with Crippen LogP contribution in [0.1, 0.15) is 16.3 Å². The van der Waals surface area contributed by atoms with Gasteiger partial charge < -0.3 is 10.2 Å². The predicted molar refractivity (Wildman–Crippen MR) is 101 cm³/mol. The van der Waals surface area contributed by atoms with Crippen molar-refractivity contribution in [2.45, 2.75) is 12.8 Å². The molecule has 0 atom stereocenters. The molecule has 0 bridgehead atoms. The lowest BCUT2D eigenvalue weighted by atomic mass is 10.2. The van der Waals surface area contributed by atoms with E-state index in [1.165, 1.54) is 5.56 Å². The van der Waals surface area contributed by atoms with Crippen molar-refractivity contribution in [1.29, 1.82) is 0 Å². The van der Waals surface area contributed by atoms with E-state index in [4.69, 9.17) is 0 Å². The zero-order valence-electron chi connectivity index (χ0n) is 13.3. The number of hydrogen-bond acceptors (Lipinski definition) is 4.